The average molecular weight is 278 g/mol. The molecule has 1 aromatic heterocycles. The Morgan fingerprint density at radius 3 is 2.74 bits per heavy atom. The van der Waals surface area contributed by atoms with Gasteiger partial charge in [0.1, 0.15) is 21.8 Å². The highest BCUT2D eigenvalue weighted by Gasteiger charge is 2.28. The molecule has 3 nitrogen and oxygen atoms in total. The van der Waals surface area contributed by atoms with Crippen molar-refractivity contribution in [2.24, 2.45) is 10.3 Å². The maximum atomic E-state index is 12.2. The molecule has 1 fully saturated rings. The zero-order chi connectivity index (χ0) is 13.9. The zero-order valence-electron chi connectivity index (χ0n) is 11.9. The van der Waals surface area contributed by atoms with E-state index < -0.39 is 11.4 Å². The summed E-state index contributed by atoms with van der Waals surface area (Å²) in [5.41, 5.74) is 1.94. The summed E-state index contributed by atoms with van der Waals surface area (Å²) in [6.07, 6.45) is 8.28. The third-order valence-electron chi connectivity index (χ3n) is 3.20. The normalized spacial score (nSPS) is 18.4. The fourth-order valence-corrected chi connectivity index (χ4v) is 2.43. The van der Waals surface area contributed by atoms with Crippen LogP contribution in [0, 0.1) is 5.92 Å². The molecule has 0 N–H and O–H groups in total. The monoisotopic (exact) mass is 278 g/mol. The molecule has 1 heterocycles. The van der Waals surface area contributed by atoms with Gasteiger partial charge in [0.15, 0.2) is 0 Å². The van der Waals surface area contributed by atoms with Gasteiger partial charge in [0, 0.05) is 18.0 Å². The van der Waals surface area contributed by atoms with Crippen LogP contribution in [0.3, 0.4) is 0 Å². The lowest BCUT2D eigenvalue weighted by Gasteiger charge is -2.19. The Hall–Kier alpha value is -0.870. The fraction of sp³-hybridized carbons (Fsp3) is 0.600. The van der Waals surface area contributed by atoms with Crippen LogP contribution < -0.4 is 0 Å². The van der Waals surface area contributed by atoms with Gasteiger partial charge in [0.2, 0.25) is 0 Å². The SMILES string of the molecule is CC(C)(C)[S+]([O-])/N=C(/CCC1CC1)c1cccnc1. The van der Waals surface area contributed by atoms with E-state index in [1.807, 2.05) is 39.1 Å². The number of nitrogens with zero attached hydrogens (tertiary/aromatic N) is 2. The van der Waals surface area contributed by atoms with Gasteiger partial charge in [-0.3, -0.25) is 4.98 Å². The molecule has 4 heteroatoms. The molecular weight excluding hydrogens is 256 g/mol. The van der Waals surface area contributed by atoms with Gasteiger partial charge in [0.25, 0.3) is 0 Å². The first kappa shape index (κ1) is 14.5. The third-order valence-corrected chi connectivity index (χ3v) is 4.63. The molecule has 0 amide bonds. The quantitative estimate of drug-likeness (QED) is 0.611. The smallest absolute Gasteiger partial charge is 0.144 e. The average Bonchev–Trinajstić information content (AvgIpc) is 3.18. The van der Waals surface area contributed by atoms with Crippen molar-refractivity contribution in [2.45, 2.75) is 51.2 Å². The Balaban J connectivity index is 2.15. The van der Waals surface area contributed by atoms with Gasteiger partial charge in [0.05, 0.1) is 0 Å². The van der Waals surface area contributed by atoms with Crippen molar-refractivity contribution >= 4 is 17.1 Å². The number of hydrogen-bond donors (Lipinski definition) is 0. The van der Waals surface area contributed by atoms with Crippen LogP contribution >= 0.6 is 0 Å². The van der Waals surface area contributed by atoms with Gasteiger partial charge in [-0.05, 0) is 51.7 Å². The molecule has 1 aromatic rings. The second-order valence-corrected chi connectivity index (χ2v) is 8.03. The van der Waals surface area contributed by atoms with Crippen molar-refractivity contribution in [1.29, 1.82) is 0 Å². The van der Waals surface area contributed by atoms with E-state index in [2.05, 4.69) is 9.38 Å². The predicted molar refractivity (Wildman–Crippen MR) is 80.6 cm³/mol. The minimum absolute atomic E-state index is 0.312. The summed E-state index contributed by atoms with van der Waals surface area (Å²) in [6, 6.07) is 3.90. The molecule has 0 saturated heterocycles. The summed E-state index contributed by atoms with van der Waals surface area (Å²) in [5, 5.41) is 0. The van der Waals surface area contributed by atoms with E-state index in [0.717, 1.165) is 30.0 Å². The van der Waals surface area contributed by atoms with E-state index in [1.54, 1.807) is 6.20 Å². The van der Waals surface area contributed by atoms with Crippen molar-refractivity contribution in [3.05, 3.63) is 30.1 Å². The van der Waals surface area contributed by atoms with Crippen LogP contribution in [0.5, 0.6) is 0 Å². The molecule has 1 aliphatic rings. The fourth-order valence-electron chi connectivity index (χ4n) is 1.76. The molecule has 1 saturated carbocycles. The standard InChI is InChI=1S/C15H22N2OS/c1-15(2,3)19(18)17-14(9-8-12-6-7-12)13-5-4-10-16-11-13/h4-5,10-12H,6-9H2,1-3H3/b17-14-. The summed E-state index contributed by atoms with van der Waals surface area (Å²) in [5.74, 6) is 0.852. The topological polar surface area (TPSA) is 48.3 Å². The first-order chi connectivity index (χ1) is 8.97. The molecule has 104 valence electrons. The molecule has 0 bridgehead atoms. The van der Waals surface area contributed by atoms with Crippen LogP contribution in [0.1, 0.15) is 52.0 Å². The van der Waals surface area contributed by atoms with Crippen LogP contribution in [-0.4, -0.2) is 20.0 Å². The maximum absolute atomic E-state index is 12.2. The largest absolute Gasteiger partial charge is 0.591 e. The summed E-state index contributed by atoms with van der Waals surface area (Å²) in [4.78, 5) is 4.14. The van der Waals surface area contributed by atoms with Crippen molar-refractivity contribution in [3.63, 3.8) is 0 Å². The predicted octanol–water partition coefficient (Wildman–Crippen LogP) is 3.52. The lowest BCUT2D eigenvalue weighted by atomic mass is 10.1. The lowest BCUT2D eigenvalue weighted by molar-refractivity contribution is 0.561. The molecule has 0 aliphatic heterocycles. The minimum atomic E-state index is -1.20. The van der Waals surface area contributed by atoms with Gasteiger partial charge in [-0.25, -0.2) is 0 Å². The van der Waals surface area contributed by atoms with Gasteiger partial charge in [-0.2, -0.15) is 0 Å². The van der Waals surface area contributed by atoms with E-state index in [4.69, 9.17) is 0 Å². The maximum Gasteiger partial charge on any atom is 0.144 e. The van der Waals surface area contributed by atoms with Crippen LogP contribution in [0.4, 0.5) is 0 Å². The summed E-state index contributed by atoms with van der Waals surface area (Å²) in [6.45, 7) is 5.86. The Morgan fingerprint density at radius 1 is 1.47 bits per heavy atom. The molecule has 0 spiro atoms. The van der Waals surface area contributed by atoms with Gasteiger partial charge in [-0.1, -0.05) is 17.2 Å². The molecular formula is C15H22N2OS. The van der Waals surface area contributed by atoms with Crippen LogP contribution in [0.15, 0.2) is 28.9 Å². The molecule has 1 aliphatic carbocycles. The highest BCUT2D eigenvalue weighted by atomic mass is 32.2. The van der Waals surface area contributed by atoms with Crippen LogP contribution in [0.2, 0.25) is 0 Å². The van der Waals surface area contributed by atoms with Crippen molar-refractivity contribution in [1.82, 2.24) is 4.98 Å². The summed E-state index contributed by atoms with van der Waals surface area (Å²) in [7, 11) is 0. The number of aromatic nitrogens is 1. The Bertz CT molecular complexity index is 435. The van der Waals surface area contributed by atoms with Crippen molar-refractivity contribution in [3.8, 4) is 0 Å². The molecule has 1 atom stereocenters. The molecule has 0 aromatic carbocycles. The van der Waals surface area contributed by atoms with Crippen LogP contribution in [0.25, 0.3) is 0 Å². The zero-order valence-corrected chi connectivity index (χ0v) is 12.7. The number of hydrogen-bond acceptors (Lipinski definition) is 3. The van der Waals surface area contributed by atoms with Gasteiger partial charge >= 0.3 is 0 Å². The molecule has 19 heavy (non-hydrogen) atoms. The summed E-state index contributed by atoms with van der Waals surface area (Å²) >= 11 is -1.20. The first-order valence-electron chi connectivity index (χ1n) is 6.87. The van der Waals surface area contributed by atoms with Crippen molar-refractivity contribution < 1.29 is 4.55 Å². The molecule has 0 radical (unpaired) electrons. The summed E-state index contributed by atoms with van der Waals surface area (Å²) < 4.78 is 16.4. The Labute approximate surface area is 118 Å². The van der Waals surface area contributed by atoms with E-state index in [9.17, 15) is 4.55 Å². The van der Waals surface area contributed by atoms with E-state index in [1.165, 1.54) is 12.8 Å². The number of rotatable bonds is 5. The lowest BCUT2D eigenvalue weighted by Crippen LogP contribution is -2.27. The van der Waals surface area contributed by atoms with Crippen molar-refractivity contribution in [2.75, 3.05) is 0 Å². The Morgan fingerprint density at radius 2 is 2.21 bits per heavy atom. The second kappa shape index (κ2) is 6.06. The van der Waals surface area contributed by atoms with E-state index >= 15 is 0 Å². The van der Waals surface area contributed by atoms with E-state index in [-0.39, 0.29) is 4.75 Å². The van der Waals surface area contributed by atoms with E-state index in [0.29, 0.717) is 0 Å². The van der Waals surface area contributed by atoms with Gasteiger partial charge < -0.3 is 4.55 Å². The molecule has 1 unspecified atom stereocenters. The third kappa shape index (κ3) is 4.62. The highest BCUT2D eigenvalue weighted by molar-refractivity contribution is 7.91. The molecule has 2 rings (SSSR count). The second-order valence-electron chi connectivity index (χ2n) is 6.12. The van der Waals surface area contributed by atoms with Crippen LogP contribution in [-0.2, 0) is 11.4 Å². The highest BCUT2D eigenvalue weighted by Crippen LogP contribution is 2.34. The minimum Gasteiger partial charge on any atom is -0.591 e. The Kier molecular flexibility index (Phi) is 4.63. The first-order valence-corrected chi connectivity index (χ1v) is 7.97. The van der Waals surface area contributed by atoms with Gasteiger partial charge in [-0.15, -0.1) is 0 Å². The number of pyridine rings is 1.